The molecule has 1 saturated heterocycles. The van der Waals surface area contributed by atoms with E-state index in [1.54, 1.807) is 11.1 Å². The zero-order valence-electron chi connectivity index (χ0n) is 19.8. The normalized spacial score (nSPS) is 16.4. The Morgan fingerprint density at radius 2 is 1.79 bits per heavy atom. The summed E-state index contributed by atoms with van der Waals surface area (Å²) < 4.78 is 0. The van der Waals surface area contributed by atoms with E-state index in [0.29, 0.717) is 25.2 Å². The summed E-state index contributed by atoms with van der Waals surface area (Å²) in [5.41, 5.74) is 4.43. The molecule has 1 aliphatic rings. The summed E-state index contributed by atoms with van der Waals surface area (Å²) in [5.74, 6) is 0.272. The van der Waals surface area contributed by atoms with E-state index < -0.39 is 0 Å². The molecule has 0 bridgehead atoms. The number of anilines is 2. The zero-order chi connectivity index (χ0) is 24.1. The van der Waals surface area contributed by atoms with Crippen molar-refractivity contribution in [2.24, 2.45) is 5.92 Å². The molecule has 176 valence electrons. The molecule has 2 amide bonds. The second-order valence-electron chi connectivity index (χ2n) is 8.75. The number of aromatic nitrogens is 3. The van der Waals surface area contributed by atoms with Crippen molar-refractivity contribution in [3.63, 3.8) is 0 Å². The largest absolute Gasteiger partial charge is 0.375 e. The highest BCUT2D eigenvalue weighted by Gasteiger charge is 2.34. The second-order valence-corrected chi connectivity index (χ2v) is 8.75. The zero-order valence-corrected chi connectivity index (χ0v) is 19.8. The number of carbonyl (C=O) groups is 2. The maximum absolute atomic E-state index is 12.8. The minimum Gasteiger partial charge on any atom is -0.375 e. The highest BCUT2D eigenvalue weighted by atomic mass is 16.2. The first kappa shape index (κ1) is 23.4. The van der Waals surface area contributed by atoms with Crippen LogP contribution in [0.15, 0.2) is 54.7 Å². The molecule has 8 nitrogen and oxygen atoms in total. The van der Waals surface area contributed by atoms with Gasteiger partial charge in [0.1, 0.15) is 0 Å². The van der Waals surface area contributed by atoms with E-state index in [1.165, 1.54) is 0 Å². The van der Waals surface area contributed by atoms with Crippen LogP contribution in [0.1, 0.15) is 42.3 Å². The van der Waals surface area contributed by atoms with Gasteiger partial charge in [-0.1, -0.05) is 6.07 Å². The minimum atomic E-state index is -0.351. The predicted octanol–water partition coefficient (Wildman–Crippen LogP) is 3.69. The quantitative estimate of drug-likeness (QED) is 0.534. The molecule has 0 aliphatic carbocycles. The third kappa shape index (κ3) is 5.95. The number of benzene rings is 1. The fraction of sp³-hybridized carbons (Fsp3) is 0.346. The van der Waals surface area contributed by atoms with E-state index in [1.807, 2.05) is 69.3 Å². The van der Waals surface area contributed by atoms with Gasteiger partial charge in [-0.25, -0.2) is 9.97 Å². The summed E-state index contributed by atoms with van der Waals surface area (Å²) in [7, 11) is 0. The summed E-state index contributed by atoms with van der Waals surface area (Å²) in [5, 5.41) is 6.34. The van der Waals surface area contributed by atoms with Gasteiger partial charge < -0.3 is 15.5 Å². The topological polar surface area (TPSA) is 100 Å². The number of hydrogen-bond donors (Lipinski definition) is 2. The first-order valence-corrected chi connectivity index (χ1v) is 11.5. The Hall–Kier alpha value is -3.81. The van der Waals surface area contributed by atoms with E-state index in [2.05, 4.69) is 25.6 Å². The third-order valence-corrected chi connectivity index (χ3v) is 5.87. The van der Waals surface area contributed by atoms with Gasteiger partial charge in [0.2, 0.25) is 11.8 Å². The molecule has 1 aliphatic heterocycles. The molecule has 4 rings (SSSR count). The van der Waals surface area contributed by atoms with E-state index in [9.17, 15) is 9.59 Å². The second kappa shape index (κ2) is 10.4. The Kier molecular flexibility index (Phi) is 7.15. The summed E-state index contributed by atoms with van der Waals surface area (Å²) in [4.78, 5) is 40.2. The van der Waals surface area contributed by atoms with E-state index in [-0.39, 0.29) is 30.2 Å². The lowest BCUT2D eigenvalue weighted by atomic mass is 10.1. The van der Waals surface area contributed by atoms with Crippen LogP contribution in [-0.4, -0.2) is 44.8 Å². The summed E-state index contributed by atoms with van der Waals surface area (Å²) in [6.07, 6.45) is 2.66. The highest BCUT2D eigenvalue weighted by molar-refractivity contribution is 5.97. The number of amides is 2. The van der Waals surface area contributed by atoms with Gasteiger partial charge >= 0.3 is 0 Å². The van der Waals surface area contributed by atoms with Crippen LogP contribution in [0.2, 0.25) is 0 Å². The lowest BCUT2D eigenvalue weighted by Gasteiger charge is -2.17. The SMILES string of the molecule is Cc1cc(C)nc(C(C)Nc2ccc(NC(=O)C3CC(=O)N(CCc4ccccn4)C3)cc2)n1. The van der Waals surface area contributed by atoms with Crippen molar-refractivity contribution in [2.45, 2.75) is 39.7 Å². The Bertz CT molecular complexity index is 1130. The van der Waals surface area contributed by atoms with Crippen LogP contribution >= 0.6 is 0 Å². The van der Waals surface area contributed by atoms with Crippen molar-refractivity contribution >= 4 is 23.2 Å². The lowest BCUT2D eigenvalue weighted by molar-refractivity contribution is -0.128. The van der Waals surface area contributed by atoms with Crippen molar-refractivity contribution in [1.29, 1.82) is 0 Å². The summed E-state index contributed by atoms with van der Waals surface area (Å²) >= 11 is 0. The molecule has 0 radical (unpaired) electrons. The maximum atomic E-state index is 12.8. The monoisotopic (exact) mass is 458 g/mol. The molecule has 8 heteroatoms. The molecule has 3 heterocycles. The van der Waals surface area contributed by atoms with E-state index >= 15 is 0 Å². The number of rotatable bonds is 8. The number of pyridine rings is 1. The van der Waals surface area contributed by atoms with Crippen molar-refractivity contribution in [3.05, 3.63) is 77.6 Å². The third-order valence-electron chi connectivity index (χ3n) is 5.87. The van der Waals surface area contributed by atoms with Gasteiger partial charge in [0.05, 0.1) is 12.0 Å². The Morgan fingerprint density at radius 1 is 1.09 bits per heavy atom. The lowest BCUT2D eigenvalue weighted by Crippen LogP contribution is -2.30. The number of likely N-dealkylation sites (tertiary alicyclic amines) is 1. The Labute approximate surface area is 199 Å². The predicted molar refractivity (Wildman–Crippen MR) is 131 cm³/mol. The number of nitrogens with one attached hydrogen (secondary N) is 2. The number of carbonyl (C=O) groups excluding carboxylic acids is 2. The fourth-order valence-electron chi connectivity index (χ4n) is 4.11. The van der Waals surface area contributed by atoms with Crippen molar-refractivity contribution in [2.75, 3.05) is 23.7 Å². The molecule has 2 unspecified atom stereocenters. The summed E-state index contributed by atoms with van der Waals surface area (Å²) in [6.45, 7) is 6.94. The molecule has 34 heavy (non-hydrogen) atoms. The molecule has 2 N–H and O–H groups in total. The smallest absolute Gasteiger partial charge is 0.229 e. The van der Waals surface area contributed by atoms with Crippen molar-refractivity contribution in [3.8, 4) is 0 Å². The minimum absolute atomic E-state index is 0.0122. The maximum Gasteiger partial charge on any atom is 0.229 e. The molecule has 1 fully saturated rings. The van der Waals surface area contributed by atoms with Crippen LogP contribution in [0.4, 0.5) is 11.4 Å². The van der Waals surface area contributed by atoms with Crippen LogP contribution in [-0.2, 0) is 16.0 Å². The molecule has 0 spiro atoms. The Balaban J connectivity index is 1.29. The van der Waals surface area contributed by atoms with Crippen LogP contribution < -0.4 is 10.6 Å². The molecular weight excluding hydrogens is 428 g/mol. The molecule has 1 aromatic carbocycles. The molecule has 2 atom stereocenters. The first-order valence-electron chi connectivity index (χ1n) is 11.5. The first-order chi connectivity index (χ1) is 16.4. The van der Waals surface area contributed by atoms with Gasteiger partial charge in [-0.3, -0.25) is 14.6 Å². The summed E-state index contributed by atoms with van der Waals surface area (Å²) in [6, 6.07) is 15.2. The standard InChI is InChI=1S/C26H30N6O2/c1-17-14-18(2)29-25(28-17)19(3)30-22-7-9-23(10-8-22)31-26(34)20-15-24(33)32(16-20)13-11-21-6-4-5-12-27-21/h4-10,12,14,19-20,30H,11,13,15-16H2,1-3H3,(H,31,34). The van der Waals surface area contributed by atoms with Crippen molar-refractivity contribution < 1.29 is 9.59 Å². The van der Waals surface area contributed by atoms with Gasteiger partial charge in [0.25, 0.3) is 0 Å². The number of hydrogen-bond acceptors (Lipinski definition) is 6. The van der Waals surface area contributed by atoms with Crippen LogP contribution in [0.5, 0.6) is 0 Å². The van der Waals surface area contributed by atoms with Crippen molar-refractivity contribution in [1.82, 2.24) is 19.9 Å². The average molecular weight is 459 g/mol. The van der Waals surface area contributed by atoms with Gasteiger partial charge in [-0.2, -0.15) is 0 Å². The van der Waals surface area contributed by atoms with E-state index in [0.717, 1.165) is 28.6 Å². The molecule has 3 aromatic rings. The van der Waals surface area contributed by atoms with Crippen LogP contribution in [0.3, 0.4) is 0 Å². The van der Waals surface area contributed by atoms with Crippen LogP contribution in [0.25, 0.3) is 0 Å². The fourth-order valence-corrected chi connectivity index (χ4v) is 4.11. The molecule has 0 saturated carbocycles. The van der Waals surface area contributed by atoms with Gasteiger partial charge in [-0.05, 0) is 63.2 Å². The molecule has 2 aromatic heterocycles. The molecular formula is C26H30N6O2. The van der Waals surface area contributed by atoms with Gasteiger partial charge in [-0.15, -0.1) is 0 Å². The van der Waals surface area contributed by atoms with Gasteiger partial charge in [0, 0.05) is 60.6 Å². The van der Waals surface area contributed by atoms with Crippen LogP contribution in [0, 0.1) is 19.8 Å². The number of aryl methyl sites for hydroxylation is 2. The number of nitrogens with zero attached hydrogens (tertiary/aromatic N) is 4. The van der Waals surface area contributed by atoms with Gasteiger partial charge in [0.15, 0.2) is 5.82 Å². The van der Waals surface area contributed by atoms with E-state index in [4.69, 9.17) is 0 Å². The average Bonchev–Trinajstić information content (AvgIpc) is 3.19. The Morgan fingerprint density at radius 3 is 2.47 bits per heavy atom. The highest BCUT2D eigenvalue weighted by Crippen LogP contribution is 2.22.